The summed E-state index contributed by atoms with van der Waals surface area (Å²) in [5.41, 5.74) is 3.55. The van der Waals surface area contributed by atoms with Crippen molar-refractivity contribution in [2.75, 3.05) is 30.8 Å². The van der Waals surface area contributed by atoms with Gasteiger partial charge in [0, 0.05) is 29.8 Å². The topological polar surface area (TPSA) is 42.5 Å². The van der Waals surface area contributed by atoms with E-state index in [0.717, 1.165) is 35.2 Å². The van der Waals surface area contributed by atoms with Crippen LogP contribution in [0.25, 0.3) is 0 Å². The minimum absolute atomic E-state index is 0.581. The van der Waals surface area contributed by atoms with Crippen molar-refractivity contribution in [3.05, 3.63) is 53.6 Å². The molecule has 0 fully saturated rings. The smallest absolute Gasteiger partial charge is 0.170 e. The molecule has 0 radical (unpaired) electrons. The monoisotopic (exact) mass is 374 g/mol. The second kappa shape index (κ2) is 8.97. The van der Waals surface area contributed by atoms with Gasteiger partial charge in [0.15, 0.2) is 16.6 Å². The average Bonchev–Trinajstić information content (AvgIpc) is 2.63. The third kappa shape index (κ3) is 5.54. The second-order valence-electron chi connectivity index (χ2n) is 5.78. The lowest BCUT2D eigenvalue weighted by Gasteiger charge is -2.19. The molecule has 0 unspecified atom stereocenters. The Kier molecular flexibility index (Phi) is 6.42. The zero-order chi connectivity index (χ0) is 17.5. The Bertz CT molecular complexity index is 720. The molecule has 0 saturated carbocycles. The summed E-state index contributed by atoms with van der Waals surface area (Å²) in [5, 5.41) is 7.03. The highest BCUT2D eigenvalue weighted by molar-refractivity contribution is 7.98. The molecule has 4 nitrogen and oxygen atoms in total. The van der Waals surface area contributed by atoms with E-state index in [9.17, 15) is 0 Å². The molecule has 132 valence electrons. The number of rotatable bonds is 6. The predicted molar refractivity (Wildman–Crippen MR) is 109 cm³/mol. The van der Waals surface area contributed by atoms with Crippen LogP contribution in [0.15, 0.2) is 42.5 Å². The molecule has 25 heavy (non-hydrogen) atoms. The standard InChI is InChI=1S/C19H22N2O2S2/c1-14-2-4-15(5-3-14)13-25-11-8-20-19(24)21-16-6-7-17-18(12-16)23-10-9-22-17/h2-7,12H,8-11,13H2,1H3,(H2,20,21,24). The number of fused-ring (bicyclic) bond motifs is 1. The molecule has 1 heterocycles. The first-order valence-electron chi connectivity index (χ1n) is 8.28. The summed E-state index contributed by atoms with van der Waals surface area (Å²) in [4.78, 5) is 0. The first kappa shape index (κ1) is 17.9. The van der Waals surface area contributed by atoms with Crippen LogP contribution in [0.2, 0.25) is 0 Å². The second-order valence-corrected chi connectivity index (χ2v) is 7.29. The van der Waals surface area contributed by atoms with Gasteiger partial charge >= 0.3 is 0 Å². The highest BCUT2D eigenvalue weighted by Gasteiger charge is 2.11. The quantitative estimate of drug-likeness (QED) is 0.589. The number of ether oxygens (including phenoxy) is 2. The predicted octanol–water partition coefficient (Wildman–Crippen LogP) is 3.99. The van der Waals surface area contributed by atoms with Crippen molar-refractivity contribution in [1.29, 1.82) is 0 Å². The van der Waals surface area contributed by atoms with E-state index in [2.05, 4.69) is 41.8 Å². The van der Waals surface area contributed by atoms with E-state index in [1.165, 1.54) is 11.1 Å². The number of nitrogens with one attached hydrogen (secondary N) is 2. The summed E-state index contributed by atoms with van der Waals surface area (Å²) in [5.74, 6) is 3.55. The Morgan fingerprint density at radius 3 is 2.64 bits per heavy atom. The van der Waals surface area contributed by atoms with Crippen molar-refractivity contribution in [3.8, 4) is 11.5 Å². The number of thioether (sulfide) groups is 1. The number of anilines is 1. The van der Waals surface area contributed by atoms with Gasteiger partial charge in [-0.05, 0) is 36.8 Å². The molecule has 6 heteroatoms. The van der Waals surface area contributed by atoms with Crippen LogP contribution >= 0.6 is 24.0 Å². The van der Waals surface area contributed by atoms with Gasteiger partial charge in [-0.25, -0.2) is 0 Å². The first-order valence-corrected chi connectivity index (χ1v) is 9.85. The number of hydrogen-bond acceptors (Lipinski definition) is 4. The van der Waals surface area contributed by atoms with Crippen molar-refractivity contribution in [1.82, 2.24) is 5.32 Å². The van der Waals surface area contributed by atoms with E-state index in [0.29, 0.717) is 18.3 Å². The summed E-state index contributed by atoms with van der Waals surface area (Å²) in [7, 11) is 0. The van der Waals surface area contributed by atoms with Crippen LogP contribution in [0.1, 0.15) is 11.1 Å². The molecular weight excluding hydrogens is 352 g/mol. The maximum atomic E-state index is 5.58. The Morgan fingerprint density at radius 1 is 1.08 bits per heavy atom. The van der Waals surface area contributed by atoms with Gasteiger partial charge < -0.3 is 20.1 Å². The van der Waals surface area contributed by atoms with Crippen molar-refractivity contribution < 1.29 is 9.47 Å². The normalized spacial score (nSPS) is 12.5. The number of hydrogen-bond donors (Lipinski definition) is 2. The van der Waals surface area contributed by atoms with Gasteiger partial charge in [-0.3, -0.25) is 0 Å². The van der Waals surface area contributed by atoms with Crippen molar-refractivity contribution >= 4 is 34.8 Å². The average molecular weight is 375 g/mol. The molecular formula is C19H22N2O2S2. The first-order chi connectivity index (χ1) is 12.2. The number of thiocarbonyl (C=S) groups is 1. The van der Waals surface area contributed by atoms with Crippen LogP contribution < -0.4 is 20.1 Å². The van der Waals surface area contributed by atoms with Gasteiger partial charge in [-0.15, -0.1) is 0 Å². The summed E-state index contributed by atoms with van der Waals surface area (Å²) < 4.78 is 11.1. The van der Waals surface area contributed by atoms with E-state index in [1.807, 2.05) is 30.0 Å². The minimum Gasteiger partial charge on any atom is -0.486 e. The largest absolute Gasteiger partial charge is 0.486 e. The Hall–Kier alpha value is -1.92. The highest BCUT2D eigenvalue weighted by Crippen LogP contribution is 2.32. The zero-order valence-electron chi connectivity index (χ0n) is 14.2. The lowest BCUT2D eigenvalue weighted by Crippen LogP contribution is -2.30. The van der Waals surface area contributed by atoms with Crippen LogP contribution in [-0.4, -0.2) is 30.6 Å². The molecule has 2 aromatic carbocycles. The molecule has 0 spiro atoms. The lowest BCUT2D eigenvalue weighted by molar-refractivity contribution is 0.171. The fourth-order valence-corrected chi connectivity index (χ4v) is 3.45. The molecule has 2 aromatic rings. The van der Waals surface area contributed by atoms with Gasteiger partial charge in [0.2, 0.25) is 0 Å². The third-order valence-electron chi connectivity index (χ3n) is 3.72. The lowest BCUT2D eigenvalue weighted by atomic mass is 10.2. The summed E-state index contributed by atoms with van der Waals surface area (Å²) >= 11 is 7.24. The Labute approximate surface area is 158 Å². The molecule has 0 saturated heterocycles. The molecule has 1 aliphatic rings. The molecule has 2 N–H and O–H groups in total. The van der Waals surface area contributed by atoms with Gasteiger partial charge in [-0.2, -0.15) is 11.8 Å². The van der Waals surface area contributed by atoms with Crippen LogP contribution in [0, 0.1) is 6.92 Å². The highest BCUT2D eigenvalue weighted by atomic mass is 32.2. The van der Waals surface area contributed by atoms with Crippen molar-refractivity contribution in [2.24, 2.45) is 0 Å². The molecule has 0 amide bonds. The fraction of sp³-hybridized carbons (Fsp3) is 0.316. The fourth-order valence-electron chi connectivity index (χ4n) is 2.41. The van der Waals surface area contributed by atoms with E-state index in [-0.39, 0.29) is 0 Å². The molecule has 3 rings (SSSR count). The van der Waals surface area contributed by atoms with Crippen LogP contribution in [0.3, 0.4) is 0 Å². The van der Waals surface area contributed by atoms with Gasteiger partial charge in [0.25, 0.3) is 0 Å². The van der Waals surface area contributed by atoms with Gasteiger partial charge in [0.1, 0.15) is 13.2 Å². The number of benzene rings is 2. The van der Waals surface area contributed by atoms with E-state index in [4.69, 9.17) is 21.7 Å². The number of aryl methyl sites for hydroxylation is 1. The van der Waals surface area contributed by atoms with E-state index in [1.54, 1.807) is 0 Å². The van der Waals surface area contributed by atoms with Crippen molar-refractivity contribution in [3.63, 3.8) is 0 Å². The summed E-state index contributed by atoms with van der Waals surface area (Å²) in [6, 6.07) is 14.4. The summed E-state index contributed by atoms with van der Waals surface area (Å²) in [6.07, 6.45) is 0. The Balaban J connectivity index is 1.36. The third-order valence-corrected chi connectivity index (χ3v) is 5.00. The van der Waals surface area contributed by atoms with E-state index >= 15 is 0 Å². The Morgan fingerprint density at radius 2 is 1.84 bits per heavy atom. The SMILES string of the molecule is Cc1ccc(CSCCNC(=S)Nc2ccc3c(c2)OCCO3)cc1. The molecule has 1 aliphatic heterocycles. The van der Waals surface area contributed by atoms with Gasteiger partial charge in [0.05, 0.1) is 0 Å². The molecule has 0 aliphatic carbocycles. The molecule has 0 atom stereocenters. The van der Waals surface area contributed by atoms with Crippen LogP contribution in [-0.2, 0) is 5.75 Å². The maximum Gasteiger partial charge on any atom is 0.170 e. The molecule has 0 aromatic heterocycles. The van der Waals surface area contributed by atoms with Crippen LogP contribution in [0.5, 0.6) is 11.5 Å². The zero-order valence-corrected chi connectivity index (χ0v) is 15.8. The van der Waals surface area contributed by atoms with Crippen molar-refractivity contribution in [2.45, 2.75) is 12.7 Å². The minimum atomic E-state index is 0.581. The van der Waals surface area contributed by atoms with Gasteiger partial charge in [-0.1, -0.05) is 29.8 Å². The van der Waals surface area contributed by atoms with Crippen LogP contribution in [0.4, 0.5) is 5.69 Å². The summed E-state index contributed by atoms with van der Waals surface area (Å²) in [6.45, 7) is 4.11. The molecule has 0 bridgehead atoms. The maximum absolute atomic E-state index is 5.58. The van der Waals surface area contributed by atoms with E-state index < -0.39 is 0 Å².